The first-order valence-corrected chi connectivity index (χ1v) is 11.2. The van der Waals surface area contributed by atoms with Crippen LogP contribution in [0.3, 0.4) is 0 Å². The average molecular weight is 403 g/mol. The van der Waals surface area contributed by atoms with Crippen molar-refractivity contribution in [1.82, 2.24) is 10.2 Å². The number of ether oxygens (including phenoxy) is 1. The highest BCUT2D eigenvalue weighted by Gasteiger charge is 2.42. The zero-order valence-electron chi connectivity index (χ0n) is 18.0. The molecule has 154 valence electrons. The molecule has 1 N–H and O–H groups in total. The van der Waals surface area contributed by atoms with Crippen LogP contribution in [0.15, 0.2) is 29.8 Å². The second-order valence-electron chi connectivity index (χ2n) is 9.33. The number of likely N-dealkylation sites (tertiary alicyclic amines) is 1. The number of hydrogen-bond acceptors (Lipinski definition) is 4. The first-order valence-electron chi connectivity index (χ1n) is 10.3. The lowest BCUT2D eigenvalue weighted by molar-refractivity contribution is 0.0641. The van der Waals surface area contributed by atoms with Gasteiger partial charge in [-0.25, -0.2) is 0 Å². The Balaban J connectivity index is 1.92. The Hall–Kier alpha value is -1.62. The van der Waals surface area contributed by atoms with Gasteiger partial charge < -0.3 is 15.0 Å². The number of amides is 1. The zero-order chi connectivity index (χ0) is 20.5. The minimum atomic E-state index is -0.0284. The standard InChI is InChI=1S/C23H34N2O2S/c1-15(2)13-17-8-10-19(21-24-11-12-28-21)25(17)22(26)16-7-9-18(23(3,4)5)20(14-16)27-6/h7,9,11-12,14-15,17,19,21,24H,8,10,13H2,1-6H3/t17?,19?,21-/m1/s1. The van der Waals surface area contributed by atoms with Gasteiger partial charge in [0.25, 0.3) is 5.91 Å². The molecule has 1 saturated heterocycles. The van der Waals surface area contributed by atoms with Crippen molar-refractivity contribution >= 4 is 17.7 Å². The van der Waals surface area contributed by atoms with Gasteiger partial charge in [-0.05, 0) is 53.7 Å². The molecule has 2 heterocycles. The summed E-state index contributed by atoms with van der Waals surface area (Å²) in [5, 5.41) is 5.76. The van der Waals surface area contributed by atoms with Crippen LogP contribution < -0.4 is 10.1 Å². The summed E-state index contributed by atoms with van der Waals surface area (Å²) < 4.78 is 5.65. The largest absolute Gasteiger partial charge is 0.496 e. The normalized spacial score (nSPS) is 24.7. The number of carbonyl (C=O) groups is 1. The van der Waals surface area contributed by atoms with Crippen LogP contribution in [-0.4, -0.2) is 35.4 Å². The van der Waals surface area contributed by atoms with Gasteiger partial charge >= 0.3 is 0 Å². The van der Waals surface area contributed by atoms with Gasteiger partial charge in [-0.1, -0.05) is 40.7 Å². The highest BCUT2D eigenvalue weighted by atomic mass is 32.2. The summed E-state index contributed by atoms with van der Waals surface area (Å²) in [6.45, 7) is 11.0. The van der Waals surface area contributed by atoms with Gasteiger partial charge in [0.1, 0.15) is 5.75 Å². The van der Waals surface area contributed by atoms with E-state index in [9.17, 15) is 4.79 Å². The monoisotopic (exact) mass is 402 g/mol. The predicted octanol–water partition coefficient (Wildman–Crippen LogP) is 5.15. The summed E-state index contributed by atoms with van der Waals surface area (Å²) in [4.78, 5) is 15.8. The maximum atomic E-state index is 13.6. The molecule has 1 fully saturated rings. The van der Waals surface area contributed by atoms with Crippen molar-refractivity contribution < 1.29 is 9.53 Å². The molecule has 3 rings (SSSR count). The molecule has 1 aromatic rings. The number of methoxy groups -OCH3 is 1. The maximum Gasteiger partial charge on any atom is 0.254 e. The summed E-state index contributed by atoms with van der Waals surface area (Å²) in [6.07, 6.45) is 5.16. The fraction of sp³-hybridized carbons (Fsp3) is 0.609. The highest BCUT2D eigenvalue weighted by molar-refractivity contribution is 8.03. The molecule has 0 radical (unpaired) electrons. The Morgan fingerprint density at radius 2 is 2.07 bits per heavy atom. The van der Waals surface area contributed by atoms with Gasteiger partial charge in [0.05, 0.1) is 18.5 Å². The van der Waals surface area contributed by atoms with Crippen LogP contribution in [0.5, 0.6) is 5.75 Å². The van der Waals surface area contributed by atoms with Crippen molar-refractivity contribution in [2.75, 3.05) is 7.11 Å². The highest BCUT2D eigenvalue weighted by Crippen LogP contribution is 2.38. The lowest BCUT2D eigenvalue weighted by Gasteiger charge is -2.34. The molecule has 0 aliphatic carbocycles. The molecule has 1 aromatic carbocycles. The van der Waals surface area contributed by atoms with E-state index in [1.807, 2.05) is 18.3 Å². The third-order valence-electron chi connectivity index (χ3n) is 5.68. The van der Waals surface area contributed by atoms with E-state index in [0.29, 0.717) is 12.0 Å². The number of hydrogen-bond donors (Lipinski definition) is 1. The second-order valence-corrected chi connectivity index (χ2v) is 10.4. The lowest BCUT2D eigenvalue weighted by Crippen LogP contribution is -2.48. The molecule has 28 heavy (non-hydrogen) atoms. The van der Waals surface area contributed by atoms with Crippen LogP contribution in [0.4, 0.5) is 0 Å². The minimum Gasteiger partial charge on any atom is -0.496 e. The van der Waals surface area contributed by atoms with Crippen LogP contribution >= 0.6 is 11.8 Å². The van der Waals surface area contributed by atoms with E-state index in [-0.39, 0.29) is 22.7 Å². The topological polar surface area (TPSA) is 41.6 Å². The summed E-state index contributed by atoms with van der Waals surface area (Å²) in [5.41, 5.74) is 1.82. The summed E-state index contributed by atoms with van der Waals surface area (Å²) in [5.74, 6) is 1.49. The average Bonchev–Trinajstić information content (AvgIpc) is 3.28. The van der Waals surface area contributed by atoms with E-state index in [4.69, 9.17) is 4.74 Å². The van der Waals surface area contributed by atoms with Gasteiger partial charge in [0.15, 0.2) is 0 Å². The molecule has 0 saturated carbocycles. The molecule has 5 heteroatoms. The van der Waals surface area contributed by atoms with Gasteiger partial charge in [-0.2, -0.15) is 0 Å². The third-order valence-corrected chi connectivity index (χ3v) is 6.72. The SMILES string of the molecule is COc1cc(C(=O)N2C(CC(C)C)CCC2[C@@H]2NC=CS2)ccc1C(C)(C)C. The molecule has 2 aliphatic rings. The van der Waals surface area contributed by atoms with E-state index in [1.165, 1.54) is 0 Å². The van der Waals surface area contributed by atoms with Crippen LogP contribution in [-0.2, 0) is 5.41 Å². The summed E-state index contributed by atoms with van der Waals surface area (Å²) >= 11 is 1.78. The molecular weight excluding hydrogens is 368 g/mol. The van der Waals surface area contributed by atoms with E-state index in [1.54, 1.807) is 18.9 Å². The van der Waals surface area contributed by atoms with Gasteiger partial charge in [-0.15, -0.1) is 11.8 Å². The van der Waals surface area contributed by atoms with Crippen LogP contribution in [0.1, 0.15) is 69.8 Å². The zero-order valence-corrected chi connectivity index (χ0v) is 18.8. The maximum absolute atomic E-state index is 13.6. The number of nitrogens with one attached hydrogen (secondary N) is 1. The van der Waals surface area contributed by atoms with Crippen LogP contribution in [0, 0.1) is 5.92 Å². The molecule has 0 bridgehead atoms. The Labute approximate surface area is 174 Å². The van der Waals surface area contributed by atoms with Crippen molar-refractivity contribution in [2.24, 2.45) is 5.92 Å². The number of nitrogens with zero attached hydrogens (tertiary/aromatic N) is 1. The molecule has 4 nitrogen and oxygen atoms in total. The summed E-state index contributed by atoms with van der Waals surface area (Å²) in [7, 11) is 1.68. The minimum absolute atomic E-state index is 0.0284. The van der Waals surface area contributed by atoms with E-state index < -0.39 is 0 Å². The predicted molar refractivity (Wildman–Crippen MR) is 118 cm³/mol. The Bertz CT molecular complexity index is 731. The molecular formula is C23H34N2O2S. The number of rotatable bonds is 5. The van der Waals surface area contributed by atoms with Crippen molar-refractivity contribution in [3.8, 4) is 5.75 Å². The Morgan fingerprint density at radius 3 is 2.64 bits per heavy atom. The molecule has 2 aliphatic heterocycles. The van der Waals surface area contributed by atoms with E-state index in [2.05, 4.69) is 56.3 Å². The van der Waals surface area contributed by atoms with E-state index in [0.717, 1.165) is 36.1 Å². The van der Waals surface area contributed by atoms with Crippen molar-refractivity contribution in [2.45, 2.75) is 76.8 Å². The van der Waals surface area contributed by atoms with Gasteiger partial charge in [0, 0.05) is 17.8 Å². The van der Waals surface area contributed by atoms with Crippen molar-refractivity contribution in [1.29, 1.82) is 0 Å². The molecule has 0 spiro atoms. The summed E-state index contributed by atoms with van der Waals surface area (Å²) in [6, 6.07) is 6.47. The second kappa shape index (κ2) is 8.40. The first kappa shape index (κ1) is 21.1. The quantitative estimate of drug-likeness (QED) is 0.740. The first-order chi connectivity index (χ1) is 13.2. The molecule has 1 amide bonds. The van der Waals surface area contributed by atoms with Gasteiger partial charge in [0.2, 0.25) is 0 Å². The molecule has 0 aromatic heterocycles. The number of thioether (sulfide) groups is 1. The molecule has 3 atom stereocenters. The van der Waals surface area contributed by atoms with Crippen molar-refractivity contribution in [3.63, 3.8) is 0 Å². The van der Waals surface area contributed by atoms with Crippen molar-refractivity contribution in [3.05, 3.63) is 40.9 Å². The Morgan fingerprint density at radius 1 is 1.32 bits per heavy atom. The van der Waals surface area contributed by atoms with Crippen LogP contribution in [0.25, 0.3) is 0 Å². The lowest BCUT2D eigenvalue weighted by atomic mass is 9.85. The van der Waals surface area contributed by atoms with E-state index >= 15 is 0 Å². The van der Waals surface area contributed by atoms with Gasteiger partial charge in [-0.3, -0.25) is 4.79 Å². The third kappa shape index (κ3) is 4.35. The molecule has 2 unspecified atom stereocenters. The number of carbonyl (C=O) groups excluding carboxylic acids is 1. The smallest absolute Gasteiger partial charge is 0.254 e. The Kier molecular flexibility index (Phi) is 6.33. The van der Waals surface area contributed by atoms with Crippen LogP contribution in [0.2, 0.25) is 0 Å². The number of benzene rings is 1. The fourth-order valence-corrected chi connectivity index (χ4v) is 5.33. The fourth-order valence-electron chi connectivity index (χ4n) is 4.39.